The van der Waals surface area contributed by atoms with Crippen molar-refractivity contribution in [2.45, 2.75) is 26.0 Å². The van der Waals surface area contributed by atoms with Crippen LogP contribution < -0.4 is 15.8 Å². The van der Waals surface area contributed by atoms with Gasteiger partial charge in [-0.3, -0.25) is 14.5 Å². The maximum atomic E-state index is 12.3. The Morgan fingerprint density at radius 2 is 1.71 bits per heavy atom. The van der Waals surface area contributed by atoms with Crippen LogP contribution in [0.4, 0.5) is 5.69 Å². The van der Waals surface area contributed by atoms with Crippen LogP contribution in [0.3, 0.4) is 0 Å². The Morgan fingerprint density at radius 1 is 0.971 bits per heavy atom. The highest BCUT2D eigenvalue weighted by Crippen LogP contribution is 2.19. The lowest BCUT2D eigenvalue weighted by Crippen LogP contribution is -2.40. The number of rotatable bonds is 9. The largest absolute Gasteiger partial charge is 0.489 e. The Kier molecular flexibility index (Phi) is 8.30. The molecule has 1 aliphatic heterocycles. The summed E-state index contributed by atoms with van der Waals surface area (Å²) in [5.41, 5.74) is 9.38. The van der Waals surface area contributed by atoms with Crippen LogP contribution in [0.15, 0.2) is 84.9 Å². The van der Waals surface area contributed by atoms with Gasteiger partial charge in [0.05, 0.1) is 5.92 Å². The molecule has 1 saturated heterocycles. The van der Waals surface area contributed by atoms with Crippen LogP contribution in [0, 0.1) is 5.92 Å². The van der Waals surface area contributed by atoms with Crippen molar-refractivity contribution < 1.29 is 14.3 Å². The van der Waals surface area contributed by atoms with E-state index >= 15 is 0 Å². The first-order chi connectivity index (χ1) is 17.0. The monoisotopic (exact) mass is 469 g/mol. The molecule has 1 atom stereocenters. The van der Waals surface area contributed by atoms with Crippen LogP contribution in [-0.4, -0.2) is 29.8 Å². The minimum Gasteiger partial charge on any atom is -0.489 e. The average Bonchev–Trinajstić information content (AvgIpc) is 2.89. The van der Waals surface area contributed by atoms with Gasteiger partial charge in [-0.15, -0.1) is 0 Å². The Bertz CT molecular complexity index is 1140. The number of likely N-dealkylation sites (tertiary alicyclic amines) is 1. The second-order valence-corrected chi connectivity index (χ2v) is 8.84. The van der Waals surface area contributed by atoms with E-state index in [1.807, 2.05) is 78.9 Å². The Labute approximate surface area is 206 Å². The molecule has 180 valence electrons. The van der Waals surface area contributed by atoms with Gasteiger partial charge in [0.15, 0.2) is 0 Å². The molecule has 0 radical (unpaired) electrons. The van der Waals surface area contributed by atoms with Gasteiger partial charge in [-0.25, -0.2) is 0 Å². The molecule has 1 unspecified atom stereocenters. The van der Waals surface area contributed by atoms with Gasteiger partial charge in [-0.05, 0) is 66.4 Å². The van der Waals surface area contributed by atoms with Crippen molar-refractivity contribution in [1.82, 2.24) is 4.90 Å². The first-order valence-corrected chi connectivity index (χ1v) is 11.9. The molecule has 2 amide bonds. The van der Waals surface area contributed by atoms with Gasteiger partial charge in [0.1, 0.15) is 12.4 Å². The molecular formula is C29H31N3O3. The van der Waals surface area contributed by atoms with Gasteiger partial charge in [-0.1, -0.05) is 54.6 Å². The second kappa shape index (κ2) is 12.0. The maximum Gasteiger partial charge on any atom is 0.248 e. The zero-order valence-corrected chi connectivity index (χ0v) is 19.7. The van der Waals surface area contributed by atoms with Crippen LogP contribution in [0.2, 0.25) is 0 Å². The summed E-state index contributed by atoms with van der Waals surface area (Å²) in [7, 11) is 0. The van der Waals surface area contributed by atoms with Gasteiger partial charge < -0.3 is 15.8 Å². The number of carbonyl (C=O) groups is 2. The van der Waals surface area contributed by atoms with E-state index in [1.165, 1.54) is 6.08 Å². The van der Waals surface area contributed by atoms with E-state index in [2.05, 4.69) is 10.2 Å². The van der Waals surface area contributed by atoms with Crippen LogP contribution in [-0.2, 0) is 22.7 Å². The second-order valence-electron chi connectivity index (χ2n) is 8.84. The maximum absolute atomic E-state index is 12.3. The minimum atomic E-state index is -0.215. The summed E-state index contributed by atoms with van der Waals surface area (Å²) in [5.74, 6) is 0.313. The first-order valence-electron chi connectivity index (χ1n) is 11.9. The zero-order valence-electron chi connectivity index (χ0n) is 19.7. The number of hydrogen-bond acceptors (Lipinski definition) is 4. The summed E-state index contributed by atoms with van der Waals surface area (Å²) < 4.78 is 5.80. The number of primary amides is 1. The number of anilines is 1. The highest BCUT2D eigenvalue weighted by Gasteiger charge is 2.23. The number of hydrogen-bond donors (Lipinski definition) is 2. The van der Waals surface area contributed by atoms with E-state index in [0.717, 1.165) is 54.1 Å². The van der Waals surface area contributed by atoms with Gasteiger partial charge >= 0.3 is 0 Å². The van der Waals surface area contributed by atoms with Crippen LogP contribution >= 0.6 is 0 Å². The topological polar surface area (TPSA) is 84.7 Å². The van der Waals surface area contributed by atoms with Crippen molar-refractivity contribution in [2.24, 2.45) is 11.7 Å². The summed E-state index contributed by atoms with van der Waals surface area (Å²) >= 11 is 0. The zero-order chi connectivity index (χ0) is 24.5. The Morgan fingerprint density at radius 3 is 2.43 bits per heavy atom. The number of piperidine rings is 1. The molecule has 6 nitrogen and oxygen atoms in total. The quantitative estimate of drug-likeness (QED) is 0.448. The molecular weight excluding hydrogens is 438 g/mol. The van der Waals surface area contributed by atoms with Crippen molar-refractivity contribution in [3.05, 3.63) is 102 Å². The highest BCUT2D eigenvalue weighted by molar-refractivity contribution is 6.01. The van der Waals surface area contributed by atoms with E-state index in [-0.39, 0.29) is 17.7 Å². The fourth-order valence-electron chi connectivity index (χ4n) is 4.15. The molecule has 0 bridgehead atoms. The fourth-order valence-corrected chi connectivity index (χ4v) is 4.15. The van der Waals surface area contributed by atoms with E-state index in [9.17, 15) is 9.59 Å². The predicted octanol–water partition coefficient (Wildman–Crippen LogP) is 4.61. The van der Waals surface area contributed by atoms with Crippen molar-refractivity contribution in [2.75, 3.05) is 18.4 Å². The third kappa shape index (κ3) is 7.55. The van der Waals surface area contributed by atoms with Crippen molar-refractivity contribution in [1.29, 1.82) is 0 Å². The van der Waals surface area contributed by atoms with E-state index in [0.29, 0.717) is 13.2 Å². The number of nitrogens with two attached hydrogens (primary N) is 1. The standard InChI is InChI=1S/C29H31N3O3/c30-29(34)25-7-4-18-32(20-25)19-23-8-13-26(14-9-23)31-28(33)17-12-22-10-15-27(16-11-22)35-21-24-5-2-1-3-6-24/h1-3,5-6,8-17,25H,4,7,18-21H2,(H2,30,34)(H,31,33)/b17-12+. The van der Waals surface area contributed by atoms with Crippen molar-refractivity contribution in [3.63, 3.8) is 0 Å². The van der Waals surface area contributed by atoms with Crippen molar-refractivity contribution in [3.8, 4) is 5.75 Å². The third-order valence-electron chi connectivity index (χ3n) is 6.09. The number of carbonyl (C=O) groups excluding carboxylic acids is 2. The molecule has 35 heavy (non-hydrogen) atoms. The first kappa shape index (κ1) is 24.2. The van der Waals surface area contributed by atoms with Crippen LogP contribution in [0.25, 0.3) is 6.08 Å². The summed E-state index contributed by atoms with van der Waals surface area (Å²) in [5, 5.41) is 2.89. The van der Waals surface area contributed by atoms with Gasteiger partial charge in [0, 0.05) is 24.9 Å². The minimum absolute atomic E-state index is 0.0629. The fraction of sp³-hybridized carbons (Fsp3) is 0.241. The number of benzene rings is 3. The summed E-state index contributed by atoms with van der Waals surface area (Å²) in [4.78, 5) is 26.1. The summed E-state index contributed by atoms with van der Waals surface area (Å²) in [6.07, 6.45) is 5.15. The number of amides is 2. The number of nitrogens with zero attached hydrogens (tertiary/aromatic N) is 1. The normalized spacial score (nSPS) is 16.2. The molecule has 1 aliphatic rings. The number of ether oxygens (including phenoxy) is 1. The molecule has 3 aromatic carbocycles. The Balaban J connectivity index is 1.23. The molecule has 4 rings (SSSR count). The Hall–Kier alpha value is -3.90. The van der Waals surface area contributed by atoms with E-state index in [1.54, 1.807) is 6.08 Å². The third-order valence-corrected chi connectivity index (χ3v) is 6.09. The molecule has 0 saturated carbocycles. The molecule has 6 heteroatoms. The SMILES string of the molecule is NC(=O)C1CCCN(Cc2ccc(NC(=O)/C=C/c3ccc(OCc4ccccc4)cc3)cc2)C1. The lowest BCUT2D eigenvalue weighted by atomic mass is 9.97. The van der Waals surface area contributed by atoms with E-state index < -0.39 is 0 Å². The molecule has 0 aromatic heterocycles. The van der Waals surface area contributed by atoms with Crippen LogP contribution in [0.1, 0.15) is 29.5 Å². The predicted molar refractivity (Wildman–Crippen MR) is 139 cm³/mol. The molecule has 1 heterocycles. The molecule has 0 aliphatic carbocycles. The lowest BCUT2D eigenvalue weighted by Gasteiger charge is -2.31. The molecule has 1 fully saturated rings. The van der Waals surface area contributed by atoms with Gasteiger partial charge in [0.25, 0.3) is 0 Å². The average molecular weight is 470 g/mol. The molecule has 0 spiro atoms. The van der Waals surface area contributed by atoms with Crippen LogP contribution in [0.5, 0.6) is 5.75 Å². The lowest BCUT2D eigenvalue weighted by molar-refractivity contribution is -0.123. The van der Waals surface area contributed by atoms with Gasteiger partial charge in [0.2, 0.25) is 11.8 Å². The molecule has 3 N–H and O–H groups in total. The smallest absolute Gasteiger partial charge is 0.248 e. The van der Waals surface area contributed by atoms with Crippen molar-refractivity contribution >= 4 is 23.6 Å². The number of nitrogens with one attached hydrogen (secondary N) is 1. The summed E-state index contributed by atoms with van der Waals surface area (Å²) in [6.45, 7) is 2.96. The molecule has 3 aromatic rings. The van der Waals surface area contributed by atoms with Gasteiger partial charge in [-0.2, -0.15) is 0 Å². The summed E-state index contributed by atoms with van der Waals surface area (Å²) in [6, 6.07) is 25.4. The highest BCUT2D eigenvalue weighted by atomic mass is 16.5. The van der Waals surface area contributed by atoms with E-state index in [4.69, 9.17) is 10.5 Å².